The number of aliphatic hydroxyl groups is 1. The van der Waals surface area contributed by atoms with Crippen molar-refractivity contribution >= 4 is 11.6 Å². The van der Waals surface area contributed by atoms with Crippen LogP contribution in [0.5, 0.6) is 23.0 Å². The summed E-state index contributed by atoms with van der Waals surface area (Å²) < 4.78 is 16.1. The van der Waals surface area contributed by atoms with E-state index in [9.17, 15) is 5.11 Å². The van der Waals surface area contributed by atoms with Crippen molar-refractivity contribution in [3.63, 3.8) is 0 Å². The van der Waals surface area contributed by atoms with Crippen molar-refractivity contribution in [1.82, 2.24) is 0 Å². The number of ether oxygens (including phenoxy) is 3. The van der Waals surface area contributed by atoms with E-state index in [1.165, 1.54) is 0 Å². The summed E-state index contributed by atoms with van der Waals surface area (Å²) in [5.41, 5.74) is 0.659. The summed E-state index contributed by atoms with van der Waals surface area (Å²) in [5.74, 6) is 2.42. The molecule has 0 fully saturated rings. The zero-order valence-electron chi connectivity index (χ0n) is 12.1. The number of halogens is 1. The number of benzene rings is 2. The standard InChI is InChI=1S/C16H17ClO4/c1-10(18)15-5-4-11(9-16(15)17)21-14-7-12(19-2)6-13(8-14)20-3/h4-10,18H,1-3H3. The van der Waals surface area contributed by atoms with Gasteiger partial charge in [0, 0.05) is 18.2 Å². The highest BCUT2D eigenvalue weighted by atomic mass is 35.5. The van der Waals surface area contributed by atoms with Crippen LogP contribution in [0.1, 0.15) is 18.6 Å². The van der Waals surface area contributed by atoms with E-state index in [1.54, 1.807) is 57.5 Å². The average Bonchev–Trinajstić information content (AvgIpc) is 2.46. The molecule has 1 unspecified atom stereocenters. The molecule has 0 saturated carbocycles. The van der Waals surface area contributed by atoms with E-state index in [0.29, 0.717) is 33.6 Å². The second-order valence-electron chi connectivity index (χ2n) is 4.51. The Morgan fingerprint density at radius 2 is 1.48 bits per heavy atom. The predicted molar refractivity (Wildman–Crippen MR) is 81.7 cm³/mol. The summed E-state index contributed by atoms with van der Waals surface area (Å²) in [6.07, 6.45) is -0.622. The summed E-state index contributed by atoms with van der Waals surface area (Å²) >= 11 is 6.12. The van der Waals surface area contributed by atoms with Crippen LogP contribution in [-0.2, 0) is 0 Å². The Hall–Kier alpha value is -1.91. The van der Waals surface area contributed by atoms with Crippen molar-refractivity contribution in [2.45, 2.75) is 13.0 Å². The average molecular weight is 309 g/mol. The first-order valence-corrected chi connectivity index (χ1v) is 6.79. The van der Waals surface area contributed by atoms with Crippen LogP contribution < -0.4 is 14.2 Å². The Kier molecular flexibility index (Phi) is 4.94. The monoisotopic (exact) mass is 308 g/mol. The highest BCUT2D eigenvalue weighted by Crippen LogP contribution is 2.33. The van der Waals surface area contributed by atoms with E-state index in [-0.39, 0.29) is 0 Å². The van der Waals surface area contributed by atoms with E-state index >= 15 is 0 Å². The number of methoxy groups -OCH3 is 2. The van der Waals surface area contributed by atoms with Gasteiger partial charge in [0.05, 0.1) is 25.3 Å². The smallest absolute Gasteiger partial charge is 0.134 e. The highest BCUT2D eigenvalue weighted by Gasteiger charge is 2.09. The Morgan fingerprint density at radius 3 is 1.95 bits per heavy atom. The van der Waals surface area contributed by atoms with Crippen molar-refractivity contribution in [2.75, 3.05) is 14.2 Å². The van der Waals surface area contributed by atoms with Gasteiger partial charge in [-0.25, -0.2) is 0 Å². The number of rotatable bonds is 5. The van der Waals surface area contributed by atoms with Crippen molar-refractivity contribution in [3.8, 4) is 23.0 Å². The molecule has 1 atom stereocenters. The highest BCUT2D eigenvalue weighted by molar-refractivity contribution is 6.31. The lowest BCUT2D eigenvalue weighted by molar-refractivity contribution is 0.199. The molecule has 4 nitrogen and oxygen atoms in total. The molecule has 5 heteroatoms. The predicted octanol–water partition coefficient (Wildman–Crippen LogP) is 4.20. The Balaban J connectivity index is 2.27. The summed E-state index contributed by atoms with van der Waals surface area (Å²) in [6, 6.07) is 10.4. The van der Waals surface area contributed by atoms with Gasteiger partial charge in [-0.05, 0) is 24.6 Å². The van der Waals surface area contributed by atoms with Gasteiger partial charge in [0.2, 0.25) is 0 Å². The van der Waals surface area contributed by atoms with Crippen LogP contribution in [0.15, 0.2) is 36.4 Å². The minimum atomic E-state index is -0.622. The summed E-state index contributed by atoms with van der Waals surface area (Å²) in [6.45, 7) is 1.66. The molecule has 2 rings (SSSR count). The first-order valence-electron chi connectivity index (χ1n) is 6.42. The molecular formula is C16H17ClO4. The van der Waals surface area contributed by atoms with Gasteiger partial charge in [0.1, 0.15) is 23.0 Å². The topological polar surface area (TPSA) is 47.9 Å². The van der Waals surface area contributed by atoms with Gasteiger partial charge in [-0.2, -0.15) is 0 Å². The minimum Gasteiger partial charge on any atom is -0.496 e. The molecule has 0 radical (unpaired) electrons. The minimum absolute atomic E-state index is 0.456. The maximum Gasteiger partial charge on any atom is 0.134 e. The van der Waals surface area contributed by atoms with Crippen LogP contribution in [0.25, 0.3) is 0 Å². The van der Waals surface area contributed by atoms with Crippen molar-refractivity contribution in [1.29, 1.82) is 0 Å². The largest absolute Gasteiger partial charge is 0.496 e. The van der Waals surface area contributed by atoms with Gasteiger partial charge < -0.3 is 19.3 Å². The molecule has 1 N–H and O–H groups in total. The van der Waals surface area contributed by atoms with Gasteiger partial charge in [0.15, 0.2) is 0 Å². The van der Waals surface area contributed by atoms with E-state index < -0.39 is 6.10 Å². The van der Waals surface area contributed by atoms with Crippen LogP contribution in [0, 0.1) is 0 Å². The third-order valence-corrected chi connectivity index (χ3v) is 3.31. The normalized spacial score (nSPS) is 11.9. The second kappa shape index (κ2) is 6.70. The van der Waals surface area contributed by atoms with Crippen LogP contribution in [0.2, 0.25) is 5.02 Å². The first-order chi connectivity index (χ1) is 10.0. The lowest BCUT2D eigenvalue weighted by atomic mass is 10.1. The van der Waals surface area contributed by atoms with Gasteiger partial charge in [0.25, 0.3) is 0 Å². The Morgan fingerprint density at radius 1 is 0.905 bits per heavy atom. The van der Waals surface area contributed by atoms with E-state index in [2.05, 4.69) is 0 Å². The molecule has 0 amide bonds. The molecule has 0 saturated heterocycles. The summed E-state index contributed by atoms with van der Waals surface area (Å²) in [7, 11) is 3.15. The molecule has 2 aromatic rings. The second-order valence-corrected chi connectivity index (χ2v) is 4.92. The van der Waals surface area contributed by atoms with Gasteiger partial charge in [-0.1, -0.05) is 17.7 Å². The Labute approximate surface area is 128 Å². The SMILES string of the molecule is COc1cc(OC)cc(Oc2ccc(C(C)O)c(Cl)c2)c1. The lowest BCUT2D eigenvalue weighted by Crippen LogP contribution is -1.94. The molecule has 0 heterocycles. The third kappa shape index (κ3) is 3.80. The van der Waals surface area contributed by atoms with E-state index in [4.69, 9.17) is 25.8 Å². The molecule has 21 heavy (non-hydrogen) atoms. The number of hydrogen-bond donors (Lipinski definition) is 1. The molecule has 0 aliphatic heterocycles. The molecule has 0 aromatic heterocycles. The fourth-order valence-electron chi connectivity index (χ4n) is 1.89. The van der Waals surface area contributed by atoms with Crippen molar-refractivity contribution < 1.29 is 19.3 Å². The summed E-state index contributed by atoms with van der Waals surface area (Å²) in [4.78, 5) is 0. The van der Waals surface area contributed by atoms with Crippen LogP contribution in [-0.4, -0.2) is 19.3 Å². The van der Waals surface area contributed by atoms with Crippen LogP contribution >= 0.6 is 11.6 Å². The van der Waals surface area contributed by atoms with Gasteiger partial charge in [-0.15, -0.1) is 0 Å². The summed E-state index contributed by atoms with van der Waals surface area (Å²) in [5, 5.41) is 10.0. The van der Waals surface area contributed by atoms with Crippen molar-refractivity contribution in [3.05, 3.63) is 47.0 Å². The lowest BCUT2D eigenvalue weighted by Gasteiger charge is -2.12. The maximum absolute atomic E-state index is 9.56. The molecular weight excluding hydrogens is 292 g/mol. The van der Waals surface area contributed by atoms with E-state index in [0.717, 1.165) is 0 Å². The molecule has 0 spiro atoms. The Bertz CT molecular complexity index is 603. The van der Waals surface area contributed by atoms with Gasteiger partial charge >= 0.3 is 0 Å². The quantitative estimate of drug-likeness (QED) is 0.899. The fourth-order valence-corrected chi connectivity index (χ4v) is 2.21. The fraction of sp³-hybridized carbons (Fsp3) is 0.250. The molecule has 2 aromatic carbocycles. The molecule has 0 aliphatic rings. The molecule has 0 bridgehead atoms. The number of hydrogen-bond acceptors (Lipinski definition) is 4. The van der Waals surface area contributed by atoms with E-state index in [1.807, 2.05) is 0 Å². The molecule has 112 valence electrons. The molecule has 0 aliphatic carbocycles. The van der Waals surface area contributed by atoms with Crippen LogP contribution in [0.3, 0.4) is 0 Å². The van der Waals surface area contributed by atoms with Gasteiger partial charge in [-0.3, -0.25) is 0 Å². The zero-order valence-corrected chi connectivity index (χ0v) is 12.8. The maximum atomic E-state index is 9.56. The van der Waals surface area contributed by atoms with Crippen LogP contribution in [0.4, 0.5) is 0 Å². The number of aliphatic hydroxyl groups excluding tert-OH is 1. The zero-order chi connectivity index (χ0) is 15.4. The third-order valence-electron chi connectivity index (χ3n) is 2.98. The van der Waals surface area contributed by atoms with Crippen molar-refractivity contribution in [2.24, 2.45) is 0 Å². The first kappa shape index (κ1) is 15.5.